The highest BCUT2D eigenvalue weighted by Crippen LogP contribution is 2.29. The number of hydrogen-bond donors (Lipinski definition) is 2. The number of nitrogens with one attached hydrogen (secondary N) is 2. The molecular weight excluding hydrogens is 420 g/mol. The number of carbonyl (C=O) groups is 2. The van der Waals surface area contributed by atoms with Gasteiger partial charge in [-0.3, -0.25) is 10.1 Å². The van der Waals surface area contributed by atoms with Gasteiger partial charge in [-0.25, -0.2) is 4.79 Å². The van der Waals surface area contributed by atoms with Crippen LogP contribution in [0.25, 0.3) is 0 Å². The molecule has 1 amide bonds. The minimum Gasteiger partial charge on any atom is -0.497 e. The Bertz CT molecular complexity index is 923. The highest BCUT2D eigenvalue weighted by atomic mass is 16.5. The van der Waals surface area contributed by atoms with E-state index in [1.54, 1.807) is 19.2 Å². The van der Waals surface area contributed by atoms with Gasteiger partial charge in [-0.05, 0) is 49.6 Å². The third-order valence-corrected chi connectivity index (χ3v) is 6.20. The van der Waals surface area contributed by atoms with Crippen LogP contribution in [0.3, 0.4) is 0 Å². The van der Waals surface area contributed by atoms with Crippen molar-refractivity contribution in [3.8, 4) is 11.5 Å². The van der Waals surface area contributed by atoms with Gasteiger partial charge in [0.05, 0.1) is 31.4 Å². The number of carbonyl (C=O) groups excluding carboxylic acids is 2. The molecule has 1 aliphatic rings. The van der Waals surface area contributed by atoms with Crippen molar-refractivity contribution in [2.45, 2.75) is 50.6 Å². The molecule has 0 saturated heterocycles. The van der Waals surface area contributed by atoms with Crippen molar-refractivity contribution < 1.29 is 23.8 Å². The summed E-state index contributed by atoms with van der Waals surface area (Å²) in [6.07, 6.45) is 4.76. The lowest BCUT2D eigenvalue weighted by Gasteiger charge is -2.37. The summed E-state index contributed by atoms with van der Waals surface area (Å²) in [5, 5.41) is 6.66. The number of hydrogen-bond acceptors (Lipinski definition) is 6. The zero-order valence-electron chi connectivity index (χ0n) is 19.7. The molecule has 1 fully saturated rings. The molecule has 1 atom stereocenters. The minimum absolute atomic E-state index is 0.00752. The zero-order chi connectivity index (χ0) is 23.7. The maximum absolute atomic E-state index is 13.4. The van der Waals surface area contributed by atoms with Crippen LogP contribution in [-0.2, 0) is 9.53 Å². The fourth-order valence-electron chi connectivity index (χ4n) is 4.23. The molecule has 3 rings (SSSR count). The Morgan fingerprint density at radius 1 is 1.00 bits per heavy atom. The summed E-state index contributed by atoms with van der Waals surface area (Å²) in [6.45, 7) is 2.97. The van der Waals surface area contributed by atoms with E-state index in [4.69, 9.17) is 14.2 Å². The van der Waals surface area contributed by atoms with Crippen molar-refractivity contribution in [1.82, 2.24) is 10.6 Å². The maximum atomic E-state index is 13.4. The first-order valence-electron chi connectivity index (χ1n) is 11.5. The molecule has 0 spiro atoms. The first kappa shape index (κ1) is 24.6. The van der Waals surface area contributed by atoms with Gasteiger partial charge in [0, 0.05) is 12.6 Å². The Kier molecular flexibility index (Phi) is 8.72. The van der Waals surface area contributed by atoms with Crippen LogP contribution >= 0.6 is 0 Å². The number of methoxy groups -OCH3 is 2. The SMILES string of the molecule is COC(=O)c1ccc([C@H](C)NC(=O)C2(NCCOc3cccc(OC)c3)CCCCC2)cc1. The van der Waals surface area contributed by atoms with Crippen LogP contribution in [-0.4, -0.2) is 44.8 Å². The Balaban J connectivity index is 1.58. The van der Waals surface area contributed by atoms with E-state index in [9.17, 15) is 9.59 Å². The average Bonchev–Trinajstić information content (AvgIpc) is 2.86. The molecule has 178 valence electrons. The lowest BCUT2D eigenvalue weighted by atomic mass is 9.80. The van der Waals surface area contributed by atoms with Gasteiger partial charge >= 0.3 is 5.97 Å². The van der Waals surface area contributed by atoms with Crippen molar-refractivity contribution in [1.29, 1.82) is 0 Å². The van der Waals surface area contributed by atoms with Crippen LogP contribution in [0.4, 0.5) is 0 Å². The molecule has 1 aliphatic carbocycles. The third kappa shape index (κ3) is 6.48. The summed E-state index contributed by atoms with van der Waals surface area (Å²) in [5.41, 5.74) is 0.820. The van der Waals surface area contributed by atoms with Crippen molar-refractivity contribution >= 4 is 11.9 Å². The van der Waals surface area contributed by atoms with Gasteiger partial charge in [-0.1, -0.05) is 37.5 Å². The summed E-state index contributed by atoms with van der Waals surface area (Å²) in [6, 6.07) is 14.4. The second-order valence-electron chi connectivity index (χ2n) is 8.41. The van der Waals surface area contributed by atoms with Crippen LogP contribution in [0.15, 0.2) is 48.5 Å². The topological polar surface area (TPSA) is 85.9 Å². The smallest absolute Gasteiger partial charge is 0.337 e. The predicted octanol–water partition coefficient (Wildman–Crippen LogP) is 4.03. The van der Waals surface area contributed by atoms with E-state index in [0.29, 0.717) is 18.7 Å². The molecule has 2 aromatic carbocycles. The van der Waals surface area contributed by atoms with Gasteiger partial charge in [-0.15, -0.1) is 0 Å². The zero-order valence-corrected chi connectivity index (χ0v) is 19.7. The van der Waals surface area contributed by atoms with Crippen LogP contribution in [0.1, 0.15) is 61.0 Å². The molecule has 2 aromatic rings. The number of benzene rings is 2. The number of ether oxygens (including phenoxy) is 3. The van der Waals surface area contributed by atoms with Gasteiger partial charge < -0.3 is 19.5 Å². The summed E-state index contributed by atoms with van der Waals surface area (Å²) in [5.74, 6) is 1.12. The molecule has 2 N–H and O–H groups in total. The molecular formula is C26H34N2O5. The summed E-state index contributed by atoms with van der Waals surface area (Å²) < 4.78 is 15.8. The van der Waals surface area contributed by atoms with Crippen molar-refractivity contribution in [2.75, 3.05) is 27.4 Å². The van der Waals surface area contributed by atoms with E-state index < -0.39 is 5.54 Å². The quantitative estimate of drug-likeness (QED) is 0.416. The molecule has 0 unspecified atom stereocenters. The fourth-order valence-corrected chi connectivity index (χ4v) is 4.23. The molecule has 0 bridgehead atoms. The largest absolute Gasteiger partial charge is 0.497 e. The Labute approximate surface area is 195 Å². The van der Waals surface area contributed by atoms with Gasteiger partial charge in [-0.2, -0.15) is 0 Å². The maximum Gasteiger partial charge on any atom is 0.337 e. The summed E-state index contributed by atoms with van der Waals surface area (Å²) >= 11 is 0. The fraction of sp³-hybridized carbons (Fsp3) is 0.462. The highest BCUT2D eigenvalue weighted by molar-refractivity contribution is 5.89. The van der Waals surface area contributed by atoms with Crippen molar-refractivity contribution in [3.63, 3.8) is 0 Å². The van der Waals surface area contributed by atoms with E-state index in [1.165, 1.54) is 7.11 Å². The van der Waals surface area contributed by atoms with Gasteiger partial charge in [0.25, 0.3) is 0 Å². The highest BCUT2D eigenvalue weighted by Gasteiger charge is 2.39. The molecule has 0 heterocycles. The van der Waals surface area contributed by atoms with Gasteiger partial charge in [0.15, 0.2) is 0 Å². The molecule has 0 aliphatic heterocycles. The van der Waals surface area contributed by atoms with Crippen molar-refractivity contribution in [3.05, 3.63) is 59.7 Å². The monoisotopic (exact) mass is 454 g/mol. The Morgan fingerprint density at radius 2 is 1.70 bits per heavy atom. The standard InChI is InChI=1S/C26H34N2O5/c1-19(20-10-12-21(13-11-20)24(29)32-3)28-25(30)26(14-5-4-6-15-26)27-16-17-33-23-9-7-8-22(18-23)31-2/h7-13,18-19,27H,4-6,14-17H2,1-3H3,(H,28,30)/t19-/m0/s1. The molecule has 0 aromatic heterocycles. The first-order valence-corrected chi connectivity index (χ1v) is 11.5. The average molecular weight is 455 g/mol. The predicted molar refractivity (Wildman–Crippen MR) is 127 cm³/mol. The molecule has 1 saturated carbocycles. The van der Waals surface area contributed by atoms with E-state index in [1.807, 2.05) is 43.3 Å². The molecule has 7 nitrogen and oxygen atoms in total. The number of esters is 1. The Morgan fingerprint density at radius 3 is 2.36 bits per heavy atom. The second-order valence-corrected chi connectivity index (χ2v) is 8.41. The number of rotatable bonds is 10. The van der Waals surface area contributed by atoms with Gasteiger partial charge in [0.2, 0.25) is 5.91 Å². The summed E-state index contributed by atoms with van der Waals surface area (Å²) in [4.78, 5) is 25.0. The minimum atomic E-state index is -0.601. The van der Waals surface area contributed by atoms with Crippen molar-refractivity contribution in [2.24, 2.45) is 0 Å². The number of amides is 1. The molecule has 7 heteroatoms. The Hall–Kier alpha value is -3.06. The van der Waals surface area contributed by atoms with Crippen LogP contribution in [0, 0.1) is 0 Å². The van der Waals surface area contributed by atoms with E-state index in [0.717, 1.165) is 49.2 Å². The summed E-state index contributed by atoms with van der Waals surface area (Å²) in [7, 11) is 2.98. The lowest BCUT2D eigenvalue weighted by Crippen LogP contribution is -2.59. The van der Waals surface area contributed by atoms with E-state index in [2.05, 4.69) is 10.6 Å². The normalized spacial score (nSPS) is 15.8. The molecule has 0 radical (unpaired) electrons. The van der Waals surface area contributed by atoms with E-state index >= 15 is 0 Å². The first-order chi connectivity index (χ1) is 16.0. The van der Waals surface area contributed by atoms with E-state index in [-0.39, 0.29) is 17.9 Å². The van der Waals surface area contributed by atoms with Crippen LogP contribution in [0.2, 0.25) is 0 Å². The second kappa shape index (κ2) is 11.7. The lowest BCUT2D eigenvalue weighted by molar-refractivity contribution is -0.129. The van der Waals surface area contributed by atoms with Gasteiger partial charge in [0.1, 0.15) is 18.1 Å². The van der Waals surface area contributed by atoms with Crippen LogP contribution < -0.4 is 20.1 Å². The third-order valence-electron chi connectivity index (χ3n) is 6.20. The van der Waals surface area contributed by atoms with Crippen LogP contribution in [0.5, 0.6) is 11.5 Å². The molecule has 33 heavy (non-hydrogen) atoms.